The third kappa shape index (κ3) is 2.38. The summed E-state index contributed by atoms with van der Waals surface area (Å²) in [6.07, 6.45) is 2.00. The fourth-order valence-corrected chi connectivity index (χ4v) is 4.78. The van der Waals surface area contributed by atoms with E-state index in [9.17, 15) is 0 Å². The van der Waals surface area contributed by atoms with E-state index in [2.05, 4.69) is 97.1 Å². The van der Waals surface area contributed by atoms with Crippen molar-refractivity contribution in [2.45, 2.75) is 12.8 Å². The van der Waals surface area contributed by atoms with Crippen molar-refractivity contribution in [3.05, 3.63) is 119 Å². The molecule has 0 aliphatic heterocycles. The molecule has 0 nitrogen and oxygen atoms in total. The summed E-state index contributed by atoms with van der Waals surface area (Å²) in [6.45, 7) is 0. The predicted molar refractivity (Wildman–Crippen MR) is 119 cm³/mol. The topological polar surface area (TPSA) is 0 Å². The third-order valence-corrected chi connectivity index (χ3v) is 6.11. The molecule has 0 atom stereocenters. The van der Waals surface area contributed by atoms with Crippen molar-refractivity contribution < 1.29 is 0 Å². The lowest BCUT2D eigenvalue weighted by molar-refractivity contribution is 1.21. The Labute approximate surface area is 165 Å². The maximum atomic E-state index is 2.45. The van der Waals surface area contributed by atoms with E-state index >= 15 is 0 Å². The summed E-state index contributed by atoms with van der Waals surface area (Å²) in [5, 5.41) is 5.46. The average Bonchev–Trinajstić information content (AvgIpc) is 3.10. The van der Waals surface area contributed by atoms with E-state index in [1.165, 1.54) is 54.9 Å². The maximum Gasteiger partial charge on any atom is -0.000706 e. The minimum Gasteiger partial charge on any atom is -0.0622 e. The maximum absolute atomic E-state index is 2.45. The van der Waals surface area contributed by atoms with Gasteiger partial charge in [0, 0.05) is 0 Å². The Hall–Kier alpha value is -3.38. The van der Waals surface area contributed by atoms with Crippen LogP contribution in [0.5, 0.6) is 0 Å². The molecule has 0 unspecified atom stereocenters. The third-order valence-electron chi connectivity index (χ3n) is 6.11. The largest absolute Gasteiger partial charge is 0.0622 e. The van der Waals surface area contributed by atoms with Crippen LogP contribution in [0, 0.1) is 0 Å². The van der Waals surface area contributed by atoms with Crippen LogP contribution in [0.25, 0.3) is 32.7 Å². The van der Waals surface area contributed by atoms with Gasteiger partial charge in [0.2, 0.25) is 0 Å². The molecule has 5 aromatic rings. The van der Waals surface area contributed by atoms with Gasteiger partial charge in [-0.25, -0.2) is 0 Å². The number of rotatable bonds is 2. The van der Waals surface area contributed by atoms with Gasteiger partial charge in [-0.2, -0.15) is 0 Å². The van der Waals surface area contributed by atoms with Gasteiger partial charge < -0.3 is 0 Å². The monoisotopic (exact) mass is 356 g/mol. The highest BCUT2D eigenvalue weighted by molar-refractivity contribution is 6.00. The lowest BCUT2D eigenvalue weighted by Crippen LogP contribution is -1.93. The van der Waals surface area contributed by atoms with Gasteiger partial charge in [-0.05, 0) is 79.9 Å². The first-order valence-corrected chi connectivity index (χ1v) is 9.96. The quantitative estimate of drug-likeness (QED) is 0.309. The van der Waals surface area contributed by atoms with Gasteiger partial charge in [0.15, 0.2) is 0 Å². The number of fused-ring (bicyclic) bond motifs is 6. The number of hydrogen-bond acceptors (Lipinski definition) is 0. The van der Waals surface area contributed by atoms with Crippen molar-refractivity contribution in [3.8, 4) is 11.1 Å². The van der Waals surface area contributed by atoms with Gasteiger partial charge in [-0.1, -0.05) is 84.9 Å². The van der Waals surface area contributed by atoms with Gasteiger partial charge >= 0.3 is 0 Å². The predicted octanol–water partition coefficient (Wildman–Crippen LogP) is 7.16. The molecular formula is C28H20. The van der Waals surface area contributed by atoms with E-state index in [0.717, 1.165) is 12.8 Å². The lowest BCUT2D eigenvalue weighted by Gasteiger charge is -2.13. The van der Waals surface area contributed by atoms with Gasteiger partial charge in [0.1, 0.15) is 0 Å². The summed E-state index contributed by atoms with van der Waals surface area (Å²) in [5.74, 6) is 0. The van der Waals surface area contributed by atoms with Crippen LogP contribution in [0.2, 0.25) is 0 Å². The van der Waals surface area contributed by atoms with Crippen LogP contribution in [-0.4, -0.2) is 0 Å². The normalized spacial score (nSPS) is 12.3. The first-order chi connectivity index (χ1) is 13.9. The molecule has 0 bridgehead atoms. The van der Waals surface area contributed by atoms with Crippen LogP contribution in [0.15, 0.2) is 97.1 Å². The molecule has 0 heterocycles. The van der Waals surface area contributed by atoms with Crippen LogP contribution in [-0.2, 0) is 12.8 Å². The molecule has 0 fully saturated rings. The highest BCUT2D eigenvalue weighted by Gasteiger charge is 2.22. The van der Waals surface area contributed by atoms with E-state index in [1.54, 1.807) is 0 Å². The molecule has 1 aliphatic carbocycles. The summed E-state index contributed by atoms with van der Waals surface area (Å²) >= 11 is 0. The molecule has 0 saturated carbocycles. The van der Waals surface area contributed by atoms with Gasteiger partial charge in [-0.15, -0.1) is 0 Å². The molecule has 1 aliphatic rings. The Morgan fingerprint density at radius 1 is 0.571 bits per heavy atom. The summed E-state index contributed by atoms with van der Waals surface area (Å²) in [4.78, 5) is 0. The van der Waals surface area contributed by atoms with Gasteiger partial charge in [-0.3, -0.25) is 0 Å². The smallest absolute Gasteiger partial charge is 0.000706 e. The fraction of sp³-hybridized carbons (Fsp3) is 0.0714. The molecule has 0 spiro atoms. The van der Waals surface area contributed by atoms with Gasteiger partial charge in [0.25, 0.3) is 0 Å². The molecular weight excluding hydrogens is 336 g/mol. The molecule has 0 N–H and O–H groups in total. The van der Waals surface area contributed by atoms with E-state index in [1.807, 2.05) is 0 Å². The van der Waals surface area contributed by atoms with Crippen LogP contribution < -0.4 is 0 Å². The molecule has 0 heteroatoms. The lowest BCUT2D eigenvalue weighted by atomic mass is 9.91. The Morgan fingerprint density at radius 2 is 1.25 bits per heavy atom. The zero-order valence-corrected chi connectivity index (χ0v) is 15.7. The molecule has 6 rings (SSSR count). The second-order valence-corrected chi connectivity index (χ2v) is 7.80. The zero-order chi connectivity index (χ0) is 18.5. The van der Waals surface area contributed by atoms with E-state index < -0.39 is 0 Å². The van der Waals surface area contributed by atoms with Crippen molar-refractivity contribution in [1.29, 1.82) is 0 Å². The Bertz CT molecular complexity index is 1340. The molecule has 28 heavy (non-hydrogen) atoms. The zero-order valence-electron chi connectivity index (χ0n) is 15.7. The van der Waals surface area contributed by atoms with Crippen LogP contribution >= 0.6 is 0 Å². The van der Waals surface area contributed by atoms with Crippen LogP contribution in [0.4, 0.5) is 0 Å². The molecule has 132 valence electrons. The molecule has 0 radical (unpaired) electrons. The highest BCUT2D eigenvalue weighted by Crippen LogP contribution is 2.43. The second-order valence-electron chi connectivity index (χ2n) is 7.80. The van der Waals surface area contributed by atoms with Crippen LogP contribution in [0.1, 0.15) is 22.3 Å². The summed E-state index contributed by atoms with van der Waals surface area (Å²) in [5.41, 5.74) is 8.55. The highest BCUT2D eigenvalue weighted by atomic mass is 14.3. The Morgan fingerprint density at radius 3 is 2.07 bits per heavy atom. The molecule has 0 aromatic heterocycles. The van der Waals surface area contributed by atoms with Crippen molar-refractivity contribution in [1.82, 2.24) is 0 Å². The van der Waals surface area contributed by atoms with Crippen molar-refractivity contribution in [3.63, 3.8) is 0 Å². The minimum atomic E-state index is 0.970. The fourth-order valence-electron chi connectivity index (χ4n) is 4.78. The first-order valence-electron chi connectivity index (χ1n) is 9.96. The molecule has 5 aromatic carbocycles. The standard InChI is InChI=1S/C28H20/c1-2-8-19(9-3-1)14-22-17-28-26-16-21-11-5-4-10-20(21)15-23(26)18-27(28)25-13-7-6-12-24(22)25/h1-13,15-17H,14,18H2. The Balaban J connectivity index is 1.60. The van der Waals surface area contributed by atoms with Crippen molar-refractivity contribution in [2.75, 3.05) is 0 Å². The number of hydrogen-bond donors (Lipinski definition) is 0. The van der Waals surface area contributed by atoms with E-state index in [-0.39, 0.29) is 0 Å². The Kier molecular flexibility index (Phi) is 3.39. The average molecular weight is 356 g/mol. The summed E-state index contributed by atoms with van der Waals surface area (Å²) in [7, 11) is 0. The van der Waals surface area contributed by atoms with Crippen molar-refractivity contribution in [2.24, 2.45) is 0 Å². The van der Waals surface area contributed by atoms with Gasteiger partial charge in [0.05, 0.1) is 0 Å². The summed E-state index contributed by atoms with van der Waals surface area (Å²) < 4.78 is 0. The SMILES string of the molecule is c1ccc(Cc2cc3c(c4ccccc24)Cc2cc4ccccc4cc2-3)cc1. The second kappa shape index (κ2) is 6.07. The summed E-state index contributed by atoms with van der Waals surface area (Å²) in [6, 6.07) is 35.7. The first kappa shape index (κ1) is 15.7. The molecule has 0 saturated heterocycles. The molecule has 0 amide bonds. The van der Waals surface area contributed by atoms with Crippen LogP contribution in [0.3, 0.4) is 0 Å². The minimum absolute atomic E-state index is 0.970. The van der Waals surface area contributed by atoms with Crippen molar-refractivity contribution >= 4 is 21.5 Å². The van der Waals surface area contributed by atoms with E-state index in [4.69, 9.17) is 0 Å². The number of benzene rings is 5. The van der Waals surface area contributed by atoms with E-state index in [0.29, 0.717) is 0 Å².